The van der Waals surface area contributed by atoms with Crippen molar-refractivity contribution in [1.82, 2.24) is 10.5 Å². The summed E-state index contributed by atoms with van der Waals surface area (Å²) in [4.78, 5) is 10.2. The highest BCUT2D eigenvalue weighted by atomic mass is 79.9. The zero-order valence-corrected chi connectivity index (χ0v) is 12.2. The van der Waals surface area contributed by atoms with Crippen LogP contribution in [0.5, 0.6) is 0 Å². The summed E-state index contributed by atoms with van der Waals surface area (Å²) in [6, 6.07) is 0. The lowest BCUT2D eigenvalue weighted by atomic mass is 9.78. The standard InChI is InChI=1S/C11H15BrN2O2S/c1-6-3-8-7(2)16-14-11(8,5-15-6)10-13-9(12)4-17-10/h4,6-8,14H,3,5H2,1-2H3/t6-,7+,8?,11-/m0/s1. The Morgan fingerprint density at radius 2 is 2.41 bits per heavy atom. The van der Waals surface area contributed by atoms with E-state index in [1.165, 1.54) is 0 Å². The molecule has 4 atom stereocenters. The van der Waals surface area contributed by atoms with Crippen LogP contribution in [0.3, 0.4) is 0 Å². The van der Waals surface area contributed by atoms with E-state index in [9.17, 15) is 0 Å². The van der Waals surface area contributed by atoms with Crippen molar-refractivity contribution in [2.45, 2.75) is 38.0 Å². The molecule has 3 heterocycles. The number of thiazole rings is 1. The number of hydrogen-bond acceptors (Lipinski definition) is 5. The summed E-state index contributed by atoms with van der Waals surface area (Å²) in [6.07, 6.45) is 1.50. The van der Waals surface area contributed by atoms with E-state index >= 15 is 0 Å². The van der Waals surface area contributed by atoms with Gasteiger partial charge in [0.1, 0.15) is 15.1 Å². The van der Waals surface area contributed by atoms with Crippen LogP contribution < -0.4 is 5.48 Å². The number of hydroxylamine groups is 1. The van der Waals surface area contributed by atoms with Crippen molar-refractivity contribution in [2.75, 3.05) is 6.61 Å². The first kappa shape index (κ1) is 12.0. The summed E-state index contributed by atoms with van der Waals surface area (Å²) in [7, 11) is 0. The second kappa shape index (κ2) is 4.28. The van der Waals surface area contributed by atoms with E-state index in [2.05, 4.69) is 40.2 Å². The number of rotatable bonds is 1. The van der Waals surface area contributed by atoms with E-state index in [0.29, 0.717) is 18.6 Å². The monoisotopic (exact) mass is 318 g/mol. The Labute approximate surface area is 113 Å². The highest BCUT2D eigenvalue weighted by Crippen LogP contribution is 2.45. The fourth-order valence-corrected chi connectivity index (χ4v) is 4.16. The average molecular weight is 319 g/mol. The Hall–Kier alpha value is -0.0100. The highest BCUT2D eigenvalue weighted by Gasteiger charge is 2.54. The molecule has 1 aromatic rings. The fourth-order valence-electron chi connectivity index (χ4n) is 2.71. The van der Waals surface area contributed by atoms with Gasteiger partial charge >= 0.3 is 0 Å². The Balaban J connectivity index is 1.98. The number of nitrogens with zero attached hydrogens (tertiary/aromatic N) is 1. The van der Waals surface area contributed by atoms with Crippen LogP contribution in [0.2, 0.25) is 0 Å². The normalized spacial score (nSPS) is 41.5. The van der Waals surface area contributed by atoms with Crippen molar-refractivity contribution in [2.24, 2.45) is 5.92 Å². The summed E-state index contributed by atoms with van der Waals surface area (Å²) in [6.45, 7) is 4.86. The van der Waals surface area contributed by atoms with Crippen LogP contribution in [0.1, 0.15) is 25.3 Å². The maximum Gasteiger partial charge on any atom is 0.123 e. The Bertz CT molecular complexity index is 427. The van der Waals surface area contributed by atoms with Gasteiger partial charge in [-0.15, -0.1) is 11.3 Å². The first-order chi connectivity index (χ1) is 8.12. The number of aromatic nitrogens is 1. The van der Waals surface area contributed by atoms with Gasteiger partial charge in [0.05, 0.1) is 18.8 Å². The summed E-state index contributed by atoms with van der Waals surface area (Å²) in [5, 5.41) is 3.05. The molecule has 2 fully saturated rings. The minimum Gasteiger partial charge on any atom is -0.376 e. The van der Waals surface area contributed by atoms with E-state index in [4.69, 9.17) is 9.57 Å². The van der Waals surface area contributed by atoms with Crippen molar-refractivity contribution in [1.29, 1.82) is 0 Å². The minimum atomic E-state index is -0.261. The first-order valence-electron chi connectivity index (χ1n) is 5.78. The molecule has 2 saturated heterocycles. The SMILES string of the molecule is C[C@H]1CC2[C@@H](C)ON[C@@]2(c2nc(Br)cs2)CO1. The molecular formula is C11H15BrN2O2S. The molecule has 4 nitrogen and oxygen atoms in total. The summed E-state index contributed by atoms with van der Waals surface area (Å²) >= 11 is 5.06. The van der Waals surface area contributed by atoms with Gasteiger partial charge in [-0.05, 0) is 36.2 Å². The first-order valence-corrected chi connectivity index (χ1v) is 7.45. The van der Waals surface area contributed by atoms with Gasteiger partial charge in [-0.1, -0.05) is 0 Å². The average Bonchev–Trinajstić information content (AvgIpc) is 2.86. The zero-order valence-electron chi connectivity index (χ0n) is 9.77. The largest absolute Gasteiger partial charge is 0.376 e. The summed E-state index contributed by atoms with van der Waals surface area (Å²) in [5.41, 5.74) is 2.91. The van der Waals surface area contributed by atoms with Gasteiger partial charge in [0.2, 0.25) is 0 Å². The zero-order chi connectivity index (χ0) is 12.0. The van der Waals surface area contributed by atoms with Crippen LogP contribution in [-0.2, 0) is 15.1 Å². The molecule has 3 rings (SSSR count). The van der Waals surface area contributed by atoms with Crippen LogP contribution in [0.25, 0.3) is 0 Å². The lowest BCUT2D eigenvalue weighted by molar-refractivity contribution is -0.0603. The van der Waals surface area contributed by atoms with Gasteiger partial charge in [-0.3, -0.25) is 4.84 Å². The maximum absolute atomic E-state index is 5.82. The van der Waals surface area contributed by atoms with E-state index in [1.54, 1.807) is 11.3 Å². The number of ether oxygens (including phenoxy) is 1. The van der Waals surface area contributed by atoms with Crippen molar-refractivity contribution in [3.8, 4) is 0 Å². The van der Waals surface area contributed by atoms with E-state index < -0.39 is 0 Å². The molecule has 2 aliphatic heterocycles. The smallest absolute Gasteiger partial charge is 0.123 e. The van der Waals surface area contributed by atoms with Gasteiger partial charge in [0.15, 0.2) is 0 Å². The number of halogens is 1. The lowest BCUT2D eigenvalue weighted by Crippen LogP contribution is -2.51. The molecule has 0 aliphatic carbocycles. The third kappa shape index (κ3) is 1.86. The van der Waals surface area contributed by atoms with E-state index in [1.807, 2.05) is 5.38 Å². The Kier molecular flexibility index (Phi) is 3.03. The molecule has 1 unspecified atom stereocenters. The molecule has 1 aromatic heterocycles. The highest BCUT2D eigenvalue weighted by molar-refractivity contribution is 9.10. The van der Waals surface area contributed by atoms with Crippen molar-refractivity contribution >= 4 is 27.3 Å². The van der Waals surface area contributed by atoms with Gasteiger partial charge in [0.25, 0.3) is 0 Å². The summed E-state index contributed by atoms with van der Waals surface area (Å²) in [5.74, 6) is 0.421. The van der Waals surface area contributed by atoms with Crippen LogP contribution >= 0.6 is 27.3 Å². The fraction of sp³-hybridized carbons (Fsp3) is 0.727. The molecule has 0 spiro atoms. The molecular weight excluding hydrogens is 304 g/mol. The van der Waals surface area contributed by atoms with Gasteiger partial charge in [0, 0.05) is 11.3 Å². The van der Waals surface area contributed by atoms with E-state index in [0.717, 1.165) is 16.0 Å². The van der Waals surface area contributed by atoms with Crippen LogP contribution in [-0.4, -0.2) is 23.8 Å². The molecule has 0 aromatic carbocycles. The third-order valence-corrected chi connectivity index (χ3v) is 5.39. The molecule has 0 radical (unpaired) electrons. The van der Waals surface area contributed by atoms with Crippen LogP contribution in [0.4, 0.5) is 0 Å². The van der Waals surface area contributed by atoms with Crippen LogP contribution in [0, 0.1) is 5.92 Å². The van der Waals surface area contributed by atoms with Gasteiger partial charge in [-0.2, -0.15) is 5.48 Å². The number of hydrogen-bond donors (Lipinski definition) is 1. The summed E-state index contributed by atoms with van der Waals surface area (Å²) < 4.78 is 6.70. The predicted molar refractivity (Wildman–Crippen MR) is 68.7 cm³/mol. The van der Waals surface area contributed by atoms with E-state index in [-0.39, 0.29) is 11.6 Å². The number of fused-ring (bicyclic) bond motifs is 1. The van der Waals surface area contributed by atoms with Gasteiger partial charge in [-0.25, -0.2) is 4.98 Å². The second-order valence-corrected chi connectivity index (χ2v) is 6.51. The molecule has 1 N–H and O–H groups in total. The lowest BCUT2D eigenvalue weighted by Gasteiger charge is -2.39. The van der Waals surface area contributed by atoms with Crippen molar-refractivity contribution in [3.05, 3.63) is 15.0 Å². The quantitative estimate of drug-likeness (QED) is 0.863. The predicted octanol–water partition coefficient (Wildman–Crippen LogP) is 2.45. The Morgan fingerprint density at radius 3 is 3.12 bits per heavy atom. The second-order valence-electron chi connectivity index (χ2n) is 4.84. The molecule has 0 saturated carbocycles. The minimum absolute atomic E-state index is 0.198. The molecule has 0 bridgehead atoms. The Morgan fingerprint density at radius 1 is 1.59 bits per heavy atom. The van der Waals surface area contributed by atoms with Crippen LogP contribution in [0.15, 0.2) is 9.98 Å². The molecule has 94 valence electrons. The molecule has 6 heteroatoms. The topological polar surface area (TPSA) is 43.4 Å². The molecule has 0 amide bonds. The molecule has 2 aliphatic rings. The van der Waals surface area contributed by atoms with Crippen molar-refractivity contribution < 1.29 is 9.57 Å². The molecule has 17 heavy (non-hydrogen) atoms. The van der Waals surface area contributed by atoms with Gasteiger partial charge < -0.3 is 4.74 Å². The number of nitrogens with one attached hydrogen (secondary N) is 1. The maximum atomic E-state index is 5.82. The third-order valence-electron chi connectivity index (χ3n) is 3.67. The van der Waals surface area contributed by atoms with Crippen molar-refractivity contribution in [3.63, 3.8) is 0 Å².